The summed E-state index contributed by atoms with van der Waals surface area (Å²) in [6.45, 7) is 0.456. The zero-order valence-corrected chi connectivity index (χ0v) is 11.3. The Morgan fingerprint density at radius 3 is 2.35 bits per heavy atom. The highest BCUT2D eigenvalue weighted by atomic mass is 35.5. The van der Waals surface area contributed by atoms with Gasteiger partial charge in [-0.1, -0.05) is 35.9 Å². The van der Waals surface area contributed by atoms with Crippen molar-refractivity contribution in [1.82, 2.24) is 0 Å². The summed E-state index contributed by atoms with van der Waals surface area (Å²) in [4.78, 5) is 0. The fourth-order valence-corrected chi connectivity index (χ4v) is 1.83. The molecule has 2 rings (SSSR count). The van der Waals surface area contributed by atoms with E-state index in [1.54, 1.807) is 12.1 Å². The number of hydrogen-bond acceptors (Lipinski definition) is 3. The lowest BCUT2D eigenvalue weighted by Gasteiger charge is -2.07. The Morgan fingerprint density at radius 2 is 1.75 bits per heavy atom. The molecule has 6 heteroatoms. The van der Waals surface area contributed by atoms with Crippen LogP contribution in [0.15, 0.2) is 42.5 Å². The molecule has 0 saturated carbocycles. The summed E-state index contributed by atoms with van der Waals surface area (Å²) < 4.78 is 19.1. The highest BCUT2D eigenvalue weighted by Crippen LogP contribution is 2.12. The van der Waals surface area contributed by atoms with Crippen LogP contribution < -0.4 is 5.46 Å². The fourth-order valence-electron chi connectivity index (χ4n) is 1.70. The van der Waals surface area contributed by atoms with Crippen LogP contribution in [0.3, 0.4) is 0 Å². The predicted octanol–water partition coefficient (Wildman–Crippen LogP) is 1.88. The van der Waals surface area contributed by atoms with E-state index in [0.717, 1.165) is 11.6 Å². The number of hydrogen-bond donors (Lipinski definition) is 2. The Kier molecular flexibility index (Phi) is 5.14. The molecule has 0 aliphatic rings. The van der Waals surface area contributed by atoms with Gasteiger partial charge in [0.25, 0.3) is 0 Å². The Balaban J connectivity index is 1.92. The average molecular weight is 295 g/mol. The van der Waals surface area contributed by atoms with Crippen LogP contribution in [0.4, 0.5) is 4.39 Å². The molecule has 104 valence electrons. The van der Waals surface area contributed by atoms with Crippen LogP contribution in [0.2, 0.25) is 5.02 Å². The highest BCUT2D eigenvalue weighted by Gasteiger charge is 2.13. The predicted molar refractivity (Wildman–Crippen MR) is 76.2 cm³/mol. The molecule has 0 saturated heterocycles. The van der Waals surface area contributed by atoms with E-state index in [-0.39, 0.29) is 12.1 Å². The molecule has 2 aromatic rings. The first-order valence-electron chi connectivity index (χ1n) is 6.03. The van der Waals surface area contributed by atoms with Crippen molar-refractivity contribution < 1.29 is 19.2 Å². The van der Waals surface area contributed by atoms with Gasteiger partial charge in [-0.05, 0) is 29.2 Å². The zero-order valence-electron chi connectivity index (χ0n) is 10.6. The smallest absolute Gasteiger partial charge is 0.423 e. The summed E-state index contributed by atoms with van der Waals surface area (Å²) in [5.41, 5.74) is 1.42. The molecule has 0 radical (unpaired) electrons. The Morgan fingerprint density at radius 1 is 1.05 bits per heavy atom. The van der Waals surface area contributed by atoms with Gasteiger partial charge in [-0.25, -0.2) is 4.39 Å². The van der Waals surface area contributed by atoms with E-state index in [0.29, 0.717) is 17.2 Å². The van der Waals surface area contributed by atoms with Crippen LogP contribution in [-0.4, -0.2) is 17.2 Å². The van der Waals surface area contributed by atoms with Crippen molar-refractivity contribution in [3.63, 3.8) is 0 Å². The fraction of sp³-hybridized carbons (Fsp3) is 0.143. The van der Waals surface area contributed by atoms with E-state index in [9.17, 15) is 4.39 Å². The molecule has 0 bridgehead atoms. The van der Waals surface area contributed by atoms with Gasteiger partial charge in [0.15, 0.2) is 0 Å². The van der Waals surface area contributed by atoms with Crippen molar-refractivity contribution in [2.45, 2.75) is 13.2 Å². The first kappa shape index (κ1) is 15.0. The van der Waals surface area contributed by atoms with Gasteiger partial charge in [-0.2, -0.15) is 0 Å². The molecule has 3 nitrogen and oxygen atoms in total. The third-order valence-electron chi connectivity index (χ3n) is 2.81. The summed E-state index contributed by atoms with van der Waals surface area (Å²) in [5, 5.41) is 18.5. The van der Waals surface area contributed by atoms with E-state index < -0.39 is 12.9 Å². The standard InChI is InChI=1S/C14H13BClFO3/c16-13-5-1-10(2-6-13)8-20-9-11-3-4-12(15(18)19)7-14(11)17/h1-7,18-19H,8-9H2. The second-order valence-electron chi connectivity index (χ2n) is 4.34. The Bertz CT molecular complexity index is 575. The summed E-state index contributed by atoms with van der Waals surface area (Å²) in [5.74, 6) is -0.522. The summed E-state index contributed by atoms with van der Waals surface area (Å²) in [6, 6.07) is 11.2. The minimum atomic E-state index is -1.67. The Hall–Kier alpha value is -1.40. The number of halogens is 2. The van der Waals surface area contributed by atoms with Crippen molar-refractivity contribution in [3.05, 3.63) is 64.4 Å². The monoisotopic (exact) mass is 294 g/mol. The van der Waals surface area contributed by atoms with Gasteiger partial charge < -0.3 is 14.8 Å². The largest absolute Gasteiger partial charge is 0.488 e. The summed E-state index contributed by atoms with van der Waals surface area (Å²) >= 11 is 5.77. The van der Waals surface area contributed by atoms with Crippen LogP contribution in [0.5, 0.6) is 0 Å². The van der Waals surface area contributed by atoms with Gasteiger partial charge in [-0.3, -0.25) is 0 Å². The first-order valence-corrected chi connectivity index (χ1v) is 6.40. The molecule has 0 spiro atoms. The molecule has 0 heterocycles. The molecule has 0 amide bonds. The lowest BCUT2D eigenvalue weighted by atomic mass is 9.80. The van der Waals surface area contributed by atoms with Gasteiger partial charge in [0.1, 0.15) is 5.82 Å². The van der Waals surface area contributed by atoms with Crippen LogP contribution in [0.25, 0.3) is 0 Å². The highest BCUT2D eigenvalue weighted by molar-refractivity contribution is 6.58. The molecule has 0 fully saturated rings. The van der Waals surface area contributed by atoms with Gasteiger partial charge in [0.05, 0.1) is 13.2 Å². The van der Waals surface area contributed by atoms with Gasteiger partial charge in [0.2, 0.25) is 0 Å². The van der Waals surface area contributed by atoms with Crippen molar-refractivity contribution in [2.24, 2.45) is 0 Å². The van der Waals surface area contributed by atoms with Crippen molar-refractivity contribution in [2.75, 3.05) is 0 Å². The third-order valence-corrected chi connectivity index (χ3v) is 3.07. The maximum absolute atomic E-state index is 13.7. The summed E-state index contributed by atoms with van der Waals surface area (Å²) in [6.07, 6.45) is 0. The summed E-state index contributed by atoms with van der Waals surface area (Å²) in [7, 11) is -1.67. The van der Waals surface area contributed by atoms with Crippen molar-refractivity contribution in [1.29, 1.82) is 0 Å². The van der Waals surface area contributed by atoms with Crippen LogP contribution in [0, 0.1) is 5.82 Å². The van der Waals surface area contributed by atoms with Crippen molar-refractivity contribution in [3.8, 4) is 0 Å². The van der Waals surface area contributed by atoms with Gasteiger partial charge >= 0.3 is 7.12 Å². The van der Waals surface area contributed by atoms with E-state index in [2.05, 4.69) is 0 Å². The third kappa shape index (κ3) is 4.05. The maximum Gasteiger partial charge on any atom is 0.488 e. The zero-order chi connectivity index (χ0) is 14.5. The average Bonchev–Trinajstić information content (AvgIpc) is 2.42. The van der Waals surface area contributed by atoms with Gasteiger partial charge in [-0.15, -0.1) is 0 Å². The maximum atomic E-state index is 13.7. The molecule has 0 aromatic heterocycles. The molecule has 2 N–H and O–H groups in total. The van der Waals surface area contributed by atoms with E-state index in [1.807, 2.05) is 12.1 Å². The van der Waals surface area contributed by atoms with Gasteiger partial charge in [0, 0.05) is 10.6 Å². The molecule has 20 heavy (non-hydrogen) atoms. The van der Waals surface area contributed by atoms with E-state index >= 15 is 0 Å². The molecule has 2 aromatic carbocycles. The first-order chi connectivity index (χ1) is 9.56. The molecular weight excluding hydrogens is 281 g/mol. The SMILES string of the molecule is OB(O)c1ccc(COCc2ccc(Cl)cc2)c(F)c1. The number of ether oxygens (including phenoxy) is 1. The second-order valence-corrected chi connectivity index (χ2v) is 4.78. The molecule has 0 aliphatic carbocycles. The Labute approximate surface area is 121 Å². The van der Waals surface area contributed by atoms with E-state index in [4.69, 9.17) is 26.4 Å². The molecular formula is C14H13BClFO3. The minimum Gasteiger partial charge on any atom is -0.423 e. The lowest BCUT2D eigenvalue weighted by molar-refractivity contribution is 0.105. The topological polar surface area (TPSA) is 49.7 Å². The van der Waals surface area contributed by atoms with Crippen LogP contribution in [0.1, 0.15) is 11.1 Å². The van der Waals surface area contributed by atoms with Crippen molar-refractivity contribution >= 4 is 24.2 Å². The number of rotatable bonds is 5. The lowest BCUT2D eigenvalue weighted by Crippen LogP contribution is -2.30. The van der Waals surface area contributed by atoms with Crippen LogP contribution >= 0.6 is 11.6 Å². The molecule has 0 aliphatic heterocycles. The second kappa shape index (κ2) is 6.86. The molecule has 0 atom stereocenters. The number of benzene rings is 2. The minimum absolute atomic E-state index is 0.107. The quantitative estimate of drug-likeness (QED) is 0.828. The molecule has 0 unspecified atom stereocenters. The van der Waals surface area contributed by atoms with Crippen LogP contribution in [-0.2, 0) is 18.0 Å². The normalized spacial score (nSPS) is 10.6. The van der Waals surface area contributed by atoms with E-state index in [1.165, 1.54) is 12.1 Å².